The van der Waals surface area contributed by atoms with Crippen LogP contribution in [0.5, 0.6) is 0 Å². The fourth-order valence-corrected chi connectivity index (χ4v) is 1.68. The molecule has 94 valence electrons. The van der Waals surface area contributed by atoms with E-state index in [-0.39, 0.29) is 4.47 Å². The second-order valence-electron chi connectivity index (χ2n) is 3.09. The number of rotatable bonds is 2. The number of benzene rings is 1. The molecule has 1 unspecified atom stereocenters. The lowest BCUT2D eigenvalue weighted by atomic mass is 10.1. The Morgan fingerprint density at radius 1 is 1.35 bits per heavy atom. The minimum Gasteiger partial charge on any atom is -0.479 e. The normalized spacial score (nSPS) is 13.5. The Morgan fingerprint density at radius 2 is 1.88 bits per heavy atom. The van der Waals surface area contributed by atoms with E-state index in [1.165, 1.54) is 0 Å². The number of carboxylic acids is 1. The highest BCUT2D eigenvalue weighted by molar-refractivity contribution is 9.10. The zero-order chi connectivity index (χ0) is 13.4. The molecule has 1 aromatic rings. The molecular formula is C9H5BrF4O3. The number of hydrogen-bond acceptors (Lipinski definition) is 2. The Balaban J connectivity index is 3.33. The van der Waals surface area contributed by atoms with Crippen LogP contribution in [0.1, 0.15) is 17.2 Å². The van der Waals surface area contributed by atoms with E-state index in [0.29, 0.717) is 12.1 Å². The maximum absolute atomic E-state index is 13.1. The summed E-state index contributed by atoms with van der Waals surface area (Å²) in [6.45, 7) is 0. The maximum Gasteiger partial charge on any atom is 0.419 e. The van der Waals surface area contributed by atoms with Crippen LogP contribution in [0.15, 0.2) is 16.6 Å². The van der Waals surface area contributed by atoms with Gasteiger partial charge in [-0.15, -0.1) is 0 Å². The van der Waals surface area contributed by atoms with E-state index in [0.717, 1.165) is 0 Å². The summed E-state index contributed by atoms with van der Waals surface area (Å²) in [5, 5.41) is 17.6. The summed E-state index contributed by atoms with van der Waals surface area (Å²) in [4.78, 5) is 10.4. The molecule has 0 spiro atoms. The third-order valence-electron chi connectivity index (χ3n) is 1.92. The van der Waals surface area contributed by atoms with Gasteiger partial charge in [-0.2, -0.15) is 13.2 Å². The third kappa shape index (κ3) is 2.95. The van der Waals surface area contributed by atoms with Crippen molar-refractivity contribution in [3.8, 4) is 0 Å². The van der Waals surface area contributed by atoms with Gasteiger partial charge in [-0.3, -0.25) is 0 Å². The van der Waals surface area contributed by atoms with Gasteiger partial charge in [0.1, 0.15) is 5.82 Å². The van der Waals surface area contributed by atoms with E-state index in [4.69, 9.17) is 10.2 Å². The highest BCUT2D eigenvalue weighted by atomic mass is 79.9. The maximum atomic E-state index is 13.1. The summed E-state index contributed by atoms with van der Waals surface area (Å²) < 4.78 is 49.6. The van der Waals surface area contributed by atoms with Crippen LogP contribution in [-0.4, -0.2) is 16.2 Å². The fourth-order valence-electron chi connectivity index (χ4n) is 1.12. The molecule has 1 aromatic carbocycles. The van der Waals surface area contributed by atoms with Crippen LogP contribution in [0.4, 0.5) is 17.6 Å². The van der Waals surface area contributed by atoms with Crippen molar-refractivity contribution in [1.29, 1.82) is 0 Å². The zero-order valence-corrected chi connectivity index (χ0v) is 9.51. The molecule has 2 N–H and O–H groups in total. The lowest BCUT2D eigenvalue weighted by Crippen LogP contribution is -2.14. The van der Waals surface area contributed by atoms with Crippen LogP contribution in [-0.2, 0) is 11.0 Å². The number of carboxylic acid groups (broad SMARTS) is 1. The summed E-state index contributed by atoms with van der Waals surface area (Å²) in [5.74, 6) is -3.33. The first kappa shape index (κ1) is 13.9. The molecule has 0 aliphatic carbocycles. The minimum atomic E-state index is -4.89. The zero-order valence-electron chi connectivity index (χ0n) is 7.92. The monoisotopic (exact) mass is 316 g/mol. The summed E-state index contributed by atoms with van der Waals surface area (Å²) in [5.41, 5.74) is -2.02. The molecule has 8 heteroatoms. The lowest BCUT2D eigenvalue weighted by Gasteiger charge is -2.13. The number of aliphatic hydroxyl groups is 1. The summed E-state index contributed by atoms with van der Waals surface area (Å²) >= 11 is 2.65. The second kappa shape index (κ2) is 4.61. The fraction of sp³-hybridized carbons (Fsp3) is 0.222. The lowest BCUT2D eigenvalue weighted by molar-refractivity contribution is -0.147. The molecule has 0 aliphatic heterocycles. The Kier molecular flexibility index (Phi) is 3.78. The van der Waals surface area contributed by atoms with Crippen LogP contribution < -0.4 is 0 Å². The third-order valence-corrected chi connectivity index (χ3v) is 2.61. The predicted molar refractivity (Wildman–Crippen MR) is 51.7 cm³/mol. The average molecular weight is 317 g/mol. The molecule has 0 radical (unpaired) electrons. The van der Waals surface area contributed by atoms with Crippen molar-refractivity contribution in [2.45, 2.75) is 12.3 Å². The molecule has 0 heterocycles. The van der Waals surface area contributed by atoms with Crippen LogP contribution in [0.3, 0.4) is 0 Å². The van der Waals surface area contributed by atoms with Crippen molar-refractivity contribution in [2.75, 3.05) is 0 Å². The number of aliphatic carboxylic acids is 1. The van der Waals surface area contributed by atoms with Crippen LogP contribution in [0.2, 0.25) is 0 Å². The number of alkyl halides is 3. The molecule has 17 heavy (non-hydrogen) atoms. The highest BCUT2D eigenvalue weighted by Crippen LogP contribution is 2.36. The Bertz CT molecular complexity index is 458. The summed E-state index contributed by atoms with van der Waals surface area (Å²) in [6, 6.07) is 0.725. The molecule has 0 aromatic heterocycles. The first-order valence-electron chi connectivity index (χ1n) is 4.11. The molecule has 0 amide bonds. The molecule has 1 rings (SSSR count). The van der Waals surface area contributed by atoms with Crippen molar-refractivity contribution in [1.82, 2.24) is 0 Å². The molecule has 0 bridgehead atoms. The van der Waals surface area contributed by atoms with E-state index >= 15 is 0 Å². The number of hydrogen-bond donors (Lipinski definition) is 2. The first-order chi connectivity index (χ1) is 7.64. The van der Waals surface area contributed by atoms with E-state index in [9.17, 15) is 22.4 Å². The van der Waals surface area contributed by atoms with Gasteiger partial charge < -0.3 is 10.2 Å². The highest BCUT2D eigenvalue weighted by Gasteiger charge is 2.35. The van der Waals surface area contributed by atoms with Crippen molar-refractivity contribution in [3.63, 3.8) is 0 Å². The number of halogens is 5. The van der Waals surface area contributed by atoms with E-state index < -0.39 is 35.2 Å². The average Bonchev–Trinajstić information content (AvgIpc) is 2.18. The Hall–Kier alpha value is -1.15. The number of aliphatic hydroxyl groups excluding tert-OH is 1. The summed E-state index contributed by atoms with van der Waals surface area (Å²) in [7, 11) is 0. The van der Waals surface area contributed by atoms with Crippen LogP contribution >= 0.6 is 15.9 Å². The number of carbonyl (C=O) groups is 1. The first-order valence-corrected chi connectivity index (χ1v) is 4.91. The van der Waals surface area contributed by atoms with Gasteiger partial charge in [0.05, 0.1) is 5.56 Å². The van der Waals surface area contributed by atoms with Gasteiger partial charge in [-0.05, 0) is 12.1 Å². The van der Waals surface area contributed by atoms with Gasteiger partial charge in [-0.25, -0.2) is 9.18 Å². The molecule has 0 saturated carbocycles. The summed E-state index contributed by atoms with van der Waals surface area (Å²) in [6.07, 6.45) is -6.99. The molecule has 0 aliphatic rings. The smallest absolute Gasteiger partial charge is 0.419 e. The standard InChI is InChI=1S/C9H5BrF4O3/c10-5-2-4(9(12,13)14)6(11)1-3(5)7(15)8(16)17/h1-2,7,15H,(H,16,17). The SMILES string of the molecule is O=C(O)C(O)c1cc(F)c(C(F)(F)F)cc1Br. The van der Waals surface area contributed by atoms with Crippen molar-refractivity contribution >= 4 is 21.9 Å². The van der Waals surface area contributed by atoms with Gasteiger partial charge in [0.2, 0.25) is 0 Å². The van der Waals surface area contributed by atoms with Gasteiger partial charge in [0, 0.05) is 10.0 Å². The van der Waals surface area contributed by atoms with E-state index in [1.54, 1.807) is 0 Å². The van der Waals surface area contributed by atoms with Crippen LogP contribution in [0.25, 0.3) is 0 Å². The largest absolute Gasteiger partial charge is 0.479 e. The van der Waals surface area contributed by atoms with Crippen molar-refractivity contribution < 1.29 is 32.6 Å². The van der Waals surface area contributed by atoms with E-state index in [1.807, 2.05) is 0 Å². The second-order valence-corrected chi connectivity index (χ2v) is 3.95. The van der Waals surface area contributed by atoms with Gasteiger partial charge in [-0.1, -0.05) is 15.9 Å². The molecule has 0 fully saturated rings. The quantitative estimate of drug-likeness (QED) is 0.825. The Morgan fingerprint density at radius 3 is 2.29 bits per heavy atom. The van der Waals surface area contributed by atoms with Crippen molar-refractivity contribution in [3.05, 3.63) is 33.5 Å². The van der Waals surface area contributed by atoms with E-state index in [2.05, 4.69) is 15.9 Å². The molecule has 0 saturated heterocycles. The van der Waals surface area contributed by atoms with Gasteiger partial charge in [0.15, 0.2) is 6.10 Å². The molecular weight excluding hydrogens is 312 g/mol. The molecule has 3 nitrogen and oxygen atoms in total. The predicted octanol–water partition coefficient (Wildman–Crippen LogP) is 2.72. The van der Waals surface area contributed by atoms with Gasteiger partial charge in [0.25, 0.3) is 0 Å². The minimum absolute atomic E-state index is 0.332. The molecule has 1 atom stereocenters. The van der Waals surface area contributed by atoms with Crippen LogP contribution in [0, 0.1) is 5.82 Å². The topological polar surface area (TPSA) is 57.5 Å². The van der Waals surface area contributed by atoms with Crippen molar-refractivity contribution in [2.24, 2.45) is 0 Å². The Labute approximate surface area is 101 Å². The van der Waals surface area contributed by atoms with Gasteiger partial charge >= 0.3 is 12.1 Å².